The summed E-state index contributed by atoms with van der Waals surface area (Å²) in [6.07, 6.45) is 0. The third-order valence-corrected chi connectivity index (χ3v) is 3.90. The second kappa shape index (κ2) is 6.28. The van der Waals surface area contributed by atoms with Crippen molar-refractivity contribution >= 4 is 22.8 Å². The van der Waals surface area contributed by atoms with Crippen LogP contribution in [0.15, 0.2) is 71.1 Å². The van der Waals surface area contributed by atoms with Crippen LogP contribution in [-0.4, -0.2) is 12.1 Å². The highest BCUT2D eigenvalue weighted by Crippen LogP contribution is 2.29. The molecule has 0 unspecified atom stereocenters. The summed E-state index contributed by atoms with van der Waals surface area (Å²) in [6.45, 7) is 0. The Morgan fingerprint density at radius 2 is 1.72 bits per heavy atom. The Bertz CT molecular complexity index is 1030. The zero-order valence-corrected chi connectivity index (χ0v) is 13.5. The van der Waals surface area contributed by atoms with E-state index in [-0.39, 0.29) is 5.75 Å². The third-order valence-electron chi connectivity index (χ3n) is 3.90. The van der Waals surface area contributed by atoms with Gasteiger partial charge in [-0.1, -0.05) is 30.3 Å². The minimum atomic E-state index is -0.397. The van der Waals surface area contributed by atoms with Crippen LogP contribution in [0, 0.1) is 5.82 Å². The molecule has 1 N–H and O–H groups in total. The first-order valence-electron chi connectivity index (χ1n) is 7.79. The normalized spacial score (nSPS) is 10.8. The van der Waals surface area contributed by atoms with Gasteiger partial charge in [0.2, 0.25) is 0 Å². The van der Waals surface area contributed by atoms with Crippen LogP contribution in [0.3, 0.4) is 0 Å². The zero-order valence-electron chi connectivity index (χ0n) is 13.5. The number of aromatic nitrogens is 1. The van der Waals surface area contributed by atoms with E-state index in [1.807, 2.05) is 54.6 Å². The molecule has 5 heteroatoms. The number of hydrogen-bond donors (Lipinski definition) is 1. The SMILES string of the molecule is COc1ccc(-c2ccc3oc(Nc4ccccc4)nc3c2)cc1F. The fourth-order valence-electron chi connectivity index (χ4n) is 2.65. The van der Waals surface area contributed by atoms with Crippen LogP contribution < -0.4 is 10.1 Å². The number of fused-ring (bicyclic) bond motifs is 1. The molecule has 1 heterocycles. The van der Waals surface area contributed by atoms with Crippen LogP contribution in [0.25, 0.3) is 22.2 Å². The van der Waals surface area contributed by atoms with Crippen LogP contribution in [0.5, 0.6) is 5.75 Å². The molecule has 0 aliphatic heterocycles. The summed E-state index contributed by atoms with van der Waals surface area (Å²) in [5, 5.41) is 3.12. The van der Waals surface area contributed by atoms with Gasteiger partial charge in [0.15, 0.2) is 17.1 Å². The lowest BCUT2D eigenvalue weighted by atomic mass is 10.0. The van der Waals surface area contributed by atoms with Gasteiger partial charge in [-0.2, -0.15) is 4.98 Å². The number of oxazole rings is 1. The highest BCUT2D eigenvalue weighted by atomic mass is 19.1. The van der Waals surface area contributed by atoms with Gasteiger partial charge in [-0.3, -0.25) is 0 Å². The van der Waals surface area contributed by atoms with Gasteiger partial charge in [0, 0.05) is 5.69 Å². The second-order valence-electron chi connectivity index (χ2n) is 5.54. The first-order chi connectivity index (χ1) is 12.2. The number of nitrogens with zero attached hydrogens (tertiary/aromatic N) is 1. The van der Waals surface area contributed by atoms with Gasteiger partial charge in [-0.15, -0.1) is 0 Å². The van der Waals surface area contributed by atoms with Crippen LogP contribution in [0.4, 0.5) is 16.1 Å². The highest BCUT2D eigenvalue weighted by Gasteiger charge is 2.10. The number of rotatable bonds is 4. The lowest BCUT2D eigenvalue weighted by Gasteiger charge is -2.05. The van der Waals surface area contributed by atoms with E-state index in [1.54, 1.807) is 6.07 Å². The van der Waals surface area contributed by atoms with E-state index < -0.39 is 5.82 Å². The lowest BCUT2D eigenvalue weighted by Crippen LogP contribution is -1.89. The molecule has 4 aromatic rings. The molecule has 0 aliphatic rings. The van der Waals surface area contributed by atoms with E-state index in [4.69, 9.17) is 9.15 Å². The van der Waals surface area contributed by atoms with E-state index in [9.17, 15) is 4.39 Å². The Kier molecular flexibility index (Phi) is 3.82. The molecule has 0 saturated heterocycles. The summed E-state index contributed by atoms with van der Waals surface area (Å²) in [5.41, 5.74) is 3.87. The lowest BCUT2D eigenvalue weighted by molar-refractivity contribution is 0.386. The maximum Gasteiger partial charge on any atom is 0.300 e. The van der Waals surface area contributed by atoms with Crippen molar-refractivity contribution in [3.63, 3.8) is 0 Å². The molecular formula is C20H15FN2O2. The summed E-state index contributed by atoms with van der Waals surface area (Å²) in [6, 6.07) is 20.5. The first kappa shape index (κ1) is 15.2. The number of benzene rings is 3. The molecule has 124 valence electrons. The van der Waals surface area contributed by atoms with E-state index in [1.165, 1.54) is 13.2 Å². The van der Waals surface area contributed by atoms with Gasteiger partial charge in [0.25, 0.3) is 6.01 Å². The average Bonchev–Trinajstić information content (AvgIpc) is 3.03. The molecule has 0 atom stereocenters. The van der Waals surface area contributed by atoms with Crippen LogP contribution in [0.2, 0.25) is 0 Å². The number of ether oxygens (including phenoxy) is 1. The predicted molar refractivity (Wildman–Crippen MR) is 95.7 cm³/mol. The van der Waals surface area contributed by atoms with E-state index in [2.05, 4.69) is 10.3 Å². The van der Waals surface area contributed by atoms with Gasteiger partial charge in [-0.05, 0) is 47.5 Å². The summed E-state index contributed by atoms with van der Waals surface area (Å²) >= 11 is 0. The first-order valence-corrected chi connectivity index (χ1v) is 7.79. The Morgan fingerprint density at radius 3 is 2.48 bits per heavy atom. The fraction of sp³-hybridized carbons (Fsp3) is 0.0500. The number of para-hydroxylation sites is 1. The molecule has 0 radical (unpaired) electrons. The Hall–Kier alpha value is -3.34. The largest absolute Gasteiger partial charge is 0.494 e. The van der Waals surface area contributed by atoms with Gasteiger partial charge in [0.05, 0.1) is 7.11 Å². The molecule has 4 nitrogen and oxygen atoms in total. The van der Waals surface area contributed by atoms with Crippen molar-refractivity contribution in [2.45, 2.75) is 0 Å². The molecule has 0 aliphatic carbocycles. The zero-order chi connectivity index (χ0) is 17.2. The minimum absolute atomic E-state index is 0.223. The topological polar surface area (TPSA) is 47.3 Å². The van der Waals surface area contributed by atoms with Crippen molar-refractivity contribution in [1.82, 2.24) is 4.98 Å². The van der Waals surface area contributed by atoms with Gasteiger partial charge in [-0.25, -0.2) is 4.39 Å². The number of hydrogen-bond acceptors (Lipinski definition) is 4. The summed E-state index contributed by atoms with van der Waals surface area (Å²) in [5.74, 6) is -0.174. The molecule has 3 aromatic carbocycles. The Morgan fingerprint density at radius 1 is 0.960 bits per heavy atom. The van der Waals surface area contributed by atoms with Crippen molar-refractivity contribution in [3.05, 3.63) is 72.5 Å². The van der Waals surface area contributed by atoms with Crippen molar-refractivity contribution in [2.75, 3.05) is 12.4 Å². The molecule has 0 saturated carbocycles. The fourth-order valence-corrected chi connectivity index (χ4v) is 2.65. The van der Waals surface area contributed by atoms with Gasteiger partial charge in [0.1, 0.15) is 5.52 Å². The number of anilines is 2. The molecule has 0 bridgehead atoms. The maximum atomic E-state index is 13.9. The second-order valence-corrected chi connectivity index (χ2v) is 5.54. The molecule has 0 amide bonds. The highest BCUT2D eigenvalue weighted by molar-refractivity contribution is 5.82. The summed E-state index contributed by atoms with van der Waals surface area (Å²) in [4.78, 5) is 4.45. The van der Waals surface area contributed by atoms with Crippen molar-refractivity contribution < 1.29 is 13.5 Å². The summed E-state index contributed by atoms with van der Waals surface area (Å²) < 4.78 is 24.6. The third kappa shape index (κ3) is 3.04. The predicted octanol–water partition coefficient (Wildman–Crippen LogP) is 5.39. The smallest absolute Gasteiger partial charge is 0.300 e. The van der Waals surface area contributed by atoms with Crippen molar-refractivity contribution in [2.24, 2.45) is 0 Å². The van der Waals surface area contributed by atoms with Crippen LogP contribution in [0.1, 0.15) is 0 Å². The van der Waals surface area contributed by atoms with Crippen molar-refractivity contribution in [1.29, 1.82) is 0 Å². The quantitative estimate of drug-likeness (QED) is 0.544. The Labute approximate surface area is 143 Å². The molecule has 0 spiro atoms. The summed E-state index contributed by atoms with van der Waals surface area (Å²) in [7, 11) is 1.45. The molecular weight excluding hydrogens is 319 g/mol. The Balaban J connectivity index is 1.67. The minimum Gasteiger partial charge on any atom is -0.494 e. The van der Waals surface area contributed by atoms with E-state index in [0.717, 1.165) is 16.8 Å². The molecule has 1 aromatic heterocycles. The molecule has 0 fully saturated rings. The number of methoxy groups -OCH3 is 1. The number of halogens is 1. The van der Waals surface area contributed by atoms with Gasteiger partial charge < -0.3 is 14.5 Å². The molecule has 25 heavy (non-hydrogen) atoms. The van der Waals surface area contributed by atoms with Gasteiger partial charge >= 0.3 is 0 Å². The van der Waals surface area contributed by atoms with E-state index >= 15 is 0 Å². The standard InChI is InChI=1S/C20H15FN2O2/c1-24-18-9-7-13(11-16(18)21)14-8-10-19-17(12-14)23-20(25-19)22-15-5-3-2-4-6-15/h2-12H,1H3,(H,22,23). The van der Waals surface area contributed by atoms with Crippen molar-refractivity contribution in [3.8, 4) is 16.9 Å². The molecule has 4 rings (SSSR count). The maximum absolute atomic E-state index is 13.9. The van der Waals surface area contributed by atoms with Crippen LogP contribution in [-0.2, 0) is 0 Å². The van der Waals surface area contributed by atoms with Crippen LogP contribution >= 0.6 is 0 Å². The average molecular weight is 334 g/mol. The number of nitrogens with one attached hydrogen (secondary N) is 1. The monoisotopic (exact) mass is 334 g/mol. The van der Waals surface area contributed by atoms with E-state index in [0.29, 0.717) is 17.1 Å².